The van der Waals surface area contributed by atoms with Crippen molar-refractivity contribution in [2.24, 2.45) is 5.92 Å². The van der Waals surface area contributed by atoms with Crippen molar-refractivity contribution in [2.75, 3.05) is 5.32 Å². The van der Waals surface area contributed by atoms with Gasteiger partial charge in [-0.15, -0.1) is 11.3 Å². The number of hydrogen-bond donors (Lipinski definition) is 1. The summed E-state index contributed by atoms with van der Waals surface area (Å²) in [5, 5.41) is 14.6. The van der Waals surface area contributed by atoms with Gasteiger partial charge in [-0.1, -0.05) is 19.9 Å². The van der Waals surface area contributed by atoms with Crippen LogP contribution in [-0.4, -0.2) is 4.98 Å². The molecule has 0 aliphatic rings. The van der Waals surface area contributed by atoms with Crippen molar-refractivity contribution < 1.29 is 0 Å². The Balaban J connectivity index is 2.28. The number of rotatable bonds is 4. The summed E-state index contributed by atoms with van der Waals surface area (Å²) in [4.78, 5) is 5.35. The third-order valence-corrected chi connectivity index (χ3v) is 3.72. The van der Waals surface area contributed by atoms with E-state index in [-0.39, 0.29) is 6.04 Å². The summed E-state index contributed by atoms with van der Waals surface area (Å²) in [6.07, 6.45) is 3.35. The highest BCUT2D eigenvalue weighted by molar-refractivity contribution is 7.10. The highest BCUT2D eigenvalue weighted by atomic mass is 32.1. The molecule has 0 spiro atoms. The third kappa shape index (κ3) is 2.69. The number of thiophene rings is 1. The van der Waals surface area contributed by atoms with E-state index < -0.39 is 0 Å². The molecule has 2 rings (SSSR count). The molecule has 4 heteroatoms. The van der Waals surface area contributed by atoms with Gasteiger partial charge in [-0.25, -0.2) is 0 Å². The number of anilines is 1. The smallest absolute Gasteiger partial charge is 0.101 e. The highest BCUT2D eigenvalue weighted by Gasteiger charge is 2.17. The molecular formula is C14H15N3S. The molecule has 0 amide bonds. The molecule has 0 saturated carbocycles. The standard InChI is InChI=1S/C14H15N3S/c1-10(2)14(13-4-3-7-18-13)17-12-9-16-6-5-11(12)8-15/h3-7,9-10,14,17H,1-2H3. The average molecular weight is 257 g/mol. The van der Waals surface area contributed by atoms with Crippen molar-refractivity contribution in [1.82, 2.24) is 4.98 Å². The van der Waals surface area contributed by atoms with E-state index in [1.54, 1.807) is 29.8 Å². The quantitative estimate of drug-likeness (QED) is 0.905. The summed E-state index contributed by atoms with van der Waals surface area (Å²) in [5.74, 6) is 0.440. The third-order valence-electron chi connectivity index (χ3n) is 2.77. The molecule has 18 heavy (non-hydrogen) atoms. The van der Waals surface area contributed by atoms with Gasteiger partial charge in [-0.2, -0.15) is 5.26 Å². The van der Waals surface area contributed by atoms with Crippen LogP contribution in [0.25, 0.3) is 0 Å². The first-order valence-corrected chi connectivity index (χ1v) is 6.74. The molecule has 1 unspecified atom stereocenters. The Morgan fingerprint density at radius 3 is 2.83 bits per heavy atom. The van der Waals surface area contributed by atoms with Crippen LogP contribution in [0.3, 0.4) is 0 Å². The Kier molecular flexibility index (Phi) is 3.96. The zero-order valence-electron chi connectivity index (χ0n) is 10.4. The Morgan fingerprint density at radius 2 is 2.22 bits per heavy atom. The monoisotopic (exact) mass is 257 g/mol. The summed E-state index contributed by atoms with van der Waals surface area (Å²) in [5.41, 5.74) is 1.43. The Morgan fingerprint density at radius 1 is 1.39 bits per heavy atom. The molecule has 0 radical (unpaired) electrons. The van der Waals surface area contributed by atoms with Crippen molar-refractivity contribution in [3.05, 3.63) is 46.4 Å². The maximum absolute atomic E-state index is 9.09. The second-order valence-electron chi connectivity index (χ2n) is 4.41. The van der Waals surface area contributed by atoms with Gasteiger partial charge in [-0.05, 0) is 23.4 Å². The van der Waals surface area contributed by atoms with Crippen LogP contribution in [0.2, 0.25) is 0 Å². The van der Waals surface area contributed by atoms with E-state index in [0.29, 0.717) is 11.5 Å². The summed E-state index contributed by atoms with van der Waals surface area (Å²) in [6, 6.07) is 8.29. The van der Waals surface area contributed by atoms with E-state index >= 15 is 0 Å². The van der Waals surface area contributed by atoms with Gasteiger partial charge in [0.1, 0.15) is 6.07 Å². The number of hydrogen-bond acceptors (Lipinski definition) is 4. The first-order valence-electron chi connectivity index (χ1n) is 5.86. The second kappa shape index (κ2) is 5.65. The summed E-state index contributed by atoms with van der Waals surface area (Å²) < 4.78 is 0. The van der Waals surface area contributed by atoms with E-state index in [1.807, 2.05) is 6.07 Å². The van der Waals surface area contributed by atoms with Gasteiger partial charge in [0.2, 0.25) is 0 Å². The zero-order chi connectivity index (χ0) is 13.0. The summed E-state index contributed by atoms with van der Waals surface area (Å²) >= 11 is 1.73. The van der Waals surface area contributed by atoms with Crippen LogP contribution in [0, 0.1) is 17.2 Å². The van der Waals surface area contributed by atoms with Gasteiger partial charge in [0.05, 0.1) is 23.5 Å². The number of pyridine rings is 1. The molecule has 2 aromatic rings. The van der Waals surface area contributed by atoms with Crippen LogP contribution >= 0.6 is 11.3 Å². The van der Waals surface area contributed by atoms with E-state index in [9.17, 15) is 0 Å². The van der Waals surface area contributed by atoms with E-state index in [4.69, 9.17) is 5.26 Å². The molecular weight excluding hydrogens is 242 g/mol. The van der Waals surface area contributed by atoms with E-state index in [0.717, 1.165) is 5.69 Å². The lowest BCUT2D eigenvalue weighted by Gasteiger charge is -2.22. The van der Waals surface area contributed by atoms with Crippen molar-refractivity contribution in [3.63, 3.8) is 0 Å². The van der Waals surface area contributed by atoms with Crippen LogP contribution in [0.1, 0.15) is 30.3 Å². The predicted octanol–water partition coefficient (Wildman–Crippen LogP) is 3.82. The molecule has 0 bridgehead atoms. The van der Waals surface area contributed by atoms with Crippen LogP contribution in [0.15, 0.2) is 36.0 Å². The van der Waals surface area contributed by atoms with E-state index in [1.165, 1.54) is 4.88 Å². The Labute approximate surface area is 111 Å². The van der Waals surface area contributed by atoms with Crippen LogP contribution in [0.4, 0.5) is 5.69 Å². The highest BCUT2D eigenvalue weighted by Crippen LogP contribution is 2.30. The van der Waals surface area contributed by atoms with Gasteiger partial charge >= 0.3 is 0 Å². The van der Waals surface area contributed by atoms with Gasteiger partial charge in [0.15, 0.2) is 0 Å². The Hall–Kier alpha value is -1.86. The fourth-order valence-electron chi connectivity index (χ4n) is 1.81. The predicted molar refractivity (Wildman–Crippen MR) is 74.5 cm³/mol. The molecule has 92 valence electrons. The number of nitriles is 1. The fraction of sp³-hybridized carbons (Fsp3) is 0.286. The maximum atomic E-state index is 9.09. The lowest BCUT2D eigenvalue weighted by atomic mass is 10.0. The minimum Gasteiger partial charge on any atom is -0.375 e. The molecule has 0 saturated heterocycles. The molecule has 0 aromatic carbocycles. The molecule has 0 fully saturated rings. The van der Waals surface area contributed by atoms with Crippen LogP contribution in [0.5, 0.6) is 0 Å². The van der Waals surface area contributed by atoms with Crippen molar-refractivity contribution in [3.8, 4) is 6.07 Å². The molecule has 0 aliphatic heterocycles. The SMILES string of the molecule is CC(C)C(Nc1cnccc1C#N)c1cccs1. The first kappa shape index (κ1) is 12.6. The van der Waals surface area contributed by atoms with Crippen molar-refractivity contribution in [2.45, 2.75) is 19.9 Å². The lowest BCUT2D eigenvalue weighted by molar-refractivity contribution is 0.553. The topological polar surface area (TPSA) is 48.7 Å². The first-order chi connectivity index (χ1) is 8.72. The second-order valence-corrected chi connectivity index (χ2v) is 5.39. The van der Waals surface area contributed by atoms with Crippen molar-refractivity contribution >= 4 is 17.0 Å². The number of nitrogens with zero attached hydrogens (tertiary/aromatic N) is 2. The lowest BCUT2D eigenvalue weighted by Crippen LogP contribution is -2.16. The van der Waals surface area contributed by atoms with E-state index in [2.05, 4.69) is 41.7 Å². The number of aromatic nitrogens is 1. The number of nitrogens with one attached hydrogen (secondary N) is 1. The molecule has 3 nitrogen and oxygen atoms in total. The van der Waals surface area contributed by atoms with Crippen LogP contribution in [-0.2, 0) is 0 Å². The van der Waals surface area contributed by atoms with Gasteiger partial charge in [0.25, 0.3) is 0 Å². The van der Waals surface area contributed by atoms with Gasteiger partial charge < -0.3 is 5.32 Å². The minimum absolute atomic E-state index is 0.210. The summed E-state index contributed by atoms with van der Waals surface area (Å²) in [7, 11) is 0. The maximum Gasteiger partial charge on any atom is 0.101 e. The van der Waals surface area contributed by atoms with Crippen molar-refractivity contribution in [1.29, 1.82) is 5.26 Å². The molecule has 2 aromatic heterocycles. The largest absolute Gasteiger partial charge is 0.375 e. The van der Waals surface area contributed by atoms with Gasteiger partial charge in [0, 0.05) is 11.1 Å². The minimum atomic E-state index is 0.210. The molecule has 0 aliphatic carbocycles. The fourth-order valence-corrected chi connectivity index (χ4v) is 2.76. The average Bonchev–Trinajstić information content (AvgIpc) is 2.89. The zero-order valence-corrected chi connectivity index (χ0v) is 11.2. The normalized spacial score (nSPS) is 12.1. The summed E-state index contributed by atoms with van der Waals surface area (Å²) in [6.45, 7) is 4.33. The van der Waals surface area contributed by atoms with Gasteiger partial charge in [-0.3, -0.25) is 4.98 Å². The molecule has 1 atom stereocenters. The Bertz CT molecular complexity index is 540. The molecule has 1 N–H and O–H groups in total. The molecule has 2 heterocycles. The van der Waals surface area contributed by atoms with Crippen LogP contribution < -0.4 is 5.32 Å².